The highest BCUT2D eigenvalue weighted by Crippen LogP contribution is 2.28. The summed E-state index contributed by atoms with van der Waals surface area (Å²) in [5, 5.41) is 6.45. The summed E-state index contributed by atoms with van der Waals surface area (Å²) in [7, 11) is 1.64. The van der Waals surface area contributed by atoms with Crippen LogP contribution in [-0.4, -0.2) is 45.0 Å². The Morgan fingerprint density at radius 2 is 2.00 bits per heavy atom. The second kappa shape index (κ2) is 13.3. The molecule has 0 heterocycles. The van der Waals surface area contributed by atoms with Crippen LogP contribution in [-0.2, 0) is 25.7 Å². The van der Waals surface area contributed by atoms with E-state index in [4.69, 9.17) is 15.4 Å². The highest BCUT2D eigenvalue weighted by atomic mass is 16.6. The number of amides is 1. The summed E-state index contributed by atoms with van der Waals surface area (Å²) < 4.78 is 10.6. The summed E-state index contributed by atoms with van der Waals surface area (Å²) in [6.07, 6.45) is 7.86. The van der Waals surface area contributed by atoms with Crippen molar-refractivity contribution in [3.63, 3.8) is 0 Å². The van der Waals surface area contributed by atoms with Crippen molar-refractivity contribution in [2.24, 2.45) is 11.8 Å². The molecule has 0 aliphatic heterocycles. The number of nitrogens with one attached hydrogen (secondary N) is 2. The maximum atomic E-state index is 12.1. The first-order valence-electron chi connectivity index (χ1n) is 10.4. The lowest BCUT2D eigenvalue weighted by atomic mass is 10.1. The van der Waals surface area contributed by atoms with Crippen LogP contribution in [0.4, 0.5) is 0 Å². The largest absolute Gasteiger partial charge is 0.382 e. The second-order valence-electron chi connectivity index (χ2n) is 7.60. The topological polar surface area (TPSA) is 94.8 Å². The summed E-state index contributed by atoms with van der Waals surface area (Å²) in [4.78, 5) is 16.8. The predicted molar refractivity (Wildman–Crippen MR) is 118 cm³/mol. The Labute approximate surface area is 179 Å². The monoisotopic (exact) mass is 417 g/mol. The first-order chi connectivity index (χ1) is 14.5. The van der Waals surface area contributed by atoms with Gasteiger partial charge in [-0.3, -0.25) is 14.9 Å². The fourth-order valence-corrected chi connectivity index (χ4v) is 2.91. The number of allylic oxidation sites excluding steroid dienone is 3. The Morgan fingerprint density at radius 3 is 2.63 bits per heavy atom. The maximum Gasteiger partial charge on any atom is 0.224 e. The van der Waals surface area contributed by atoms with Crippen LogP contribution in [0, 0.1) is 5.92 Å². The molecule has 1 unspecified atom stereocenters. The van der Waals surface area contributed by atoms with Crippen molar-refractivity contribution in [3.8, 4) is 0 Å². The summed E-state index contributed by atoms with van der Waals surface area (Å²) in [5.41, 5.74) is 3.33. The molecular weight excluding hydrogens is 382 g/mol. The molecule has 1 fully saturated rings. The van der Waals surface area contributed by atoms with E-state index in [2.05, 4.69) is 46.7 Å². The Balaban J connectivity index is 1.86. The number of carbonyl (C=O) groups is 1. The molecule has 166 valence electrons. The number of benzene rings is 1. The molecule has 0 saturated heterocycles. The highest BCUT2D eigenvalue weighted by Gasteiger charge is 2.31. The third kappa shape index (κ3) is 9.19. The average molecular weight is 418 g/mol. The van der Waals surface area contributed by atoms with Crippen LogP contribution in [0.3, 0.4) is 0 Å². The second-order valence-corrected chi connectivity index (χ2v) is 7.60. The minimum absolute atomic E-state index is 0.0636. The van der Waals surface area contributed by atoms with Crippen LogP contribution >= 0.6 is 0 Å². The van der Waals surface area contributed by atoms with Crippen molar-refractivity contribution in [1.29, 1.82) is 0 Å². The zero-order valence-corrected chi connectivity index (χ0v) is 18.2. The van der Waals surface area contributed by atoms with Gasteiger partial charge in [0.1, 0.15) is 6.17 Å². The van der Waals surface area contributed by atoms with E-state index in [9.17, 15) is 4.79 Å². The van der Waals surface area contributed by atoms with E-state index in [1.54, 1.807) is 7.11 Å². The molecular formula is C23H35N3O4. The highest BCUT2D eigenvalue weighted by molar-refractivity contribution is 5.81. The number of hydrogen-bond donors (Lipinski definition) is 3. The van der Waals surface area contributed by atoms with Gasteiger partial charge in [-0.1, -0.05) is 42.5 Å². The molecule has 7 nitrogen and oxygen atoms in total. The number of nitrogens with two attached hydrogens (primary N) is 1. The van der Waals surface area contributed by atoms with Crippen LogP contribution in [0.5, 0.6) is 0 Å². The summed E-state index contributed by atoms with van der Waals surface area (Å²) in [6, 6.07) is 8.18. The van der Waals surface area contributed by atoms with Crippen LogP contribution in [0.1, 0.15) is 37.8 Å². The summed E-state index contributed by atoms with van der Waals surface area (Å²) >= 11 is 0. The summed E-state index contributed by atoms with van der Waals surface area (Å²) in [6.45, 7) is 5.94. The van der Waals surface area contributed by atoms with E-state index < -0.39 is 0 Å². The lowest BCUT2D eigenvalue weighted by Gasteiger charge is -2.23. The quantitative estimate of drug-likeness (QED) is 0.186. The first kappa shape index (κ1) is 24.2. The van der Waals surface area contributed by atoms with E-state index in [1.165, 1.54) is 0 Å². The van der Waals surface area contributed by atoms with E-state index in [-0.39, 0.29) is 24.0 Å². The van der Waals surface area contributed by atoms with Crippen LogP contribution < -0.4 is 16.5 Å². The molecule has 1 amide bonds. The Kier molecular flexibility index (Phi) is 10.8. The molecule has 30 heavy (non-hydrogen) atoms. The van der Waals surface area contributed by atoms with Crippen LogP contribution in [0.15, 0.2) is 42.5 Å². The zero-order valence-electron chi connectivity index (χ0n) is 18.2. The van der Waals surface area contributed by atoms with Gasteiger partial charge in [-0.25, -0.2) is 5.90 Å². The van der Waals surface area contributed by atoms with E-state index in [0.29, 0.717) is 26.4 Å². The van der Waals surface area contributed by atoms with Gasteiger partial charge < -0.3 is 14.8 Å². The van der Waals surface area contributed by atoms with Gasteiger partial charge in [-0.15, -0.1) is 0 Å². The normalized spacial score (nSPS) is 16.6. The van der Waals surface area contributed by atoms with Crippen molar-refractivity contribution in [1.82, 2.24) is 10.6 Å². The molecule has 7 heteroatoms. The van der Waals surface area contributed by atoms with Crippen molar-refractivity contribution in [2.45, 2.75) is 45.5 Å². The van der Waals surface area contributed by atoms with E-state index in [0.717, 1.165) is 29.5 Å². The first-order valence-corrected chi connectivity index (χ1v) is 10.4. The van der Waals surface area contributed by atoms with Crippen LogP contribution in [0.2, 0.25) is 0 Å². The van der Waals surface area contributed by atoms with Crippen molar-refractivity contribution in [2.75, 3.05) is 26.9 Å². The van der Waals surface area contributed by atoms with Gasteiger partial charge in [-0.05, 0) is 43.4 Å². The fraction of sp³-hybridized carbons (Fsp3) is 0.522. The molecule has 2 rings (SSSR count). The van der Waals surface area contributed by atoms with Crippen molar-refractivity contribution in [3.05, 3.63) is 53.6 Å². The molecule has 2 atom stereocenters. The molecule has 0 aromatic heterocycles. The fourth-order valence-electron chi connectivity index (χ4n) is 2.91. The zero-order chi connectivity index (χ0) is 21.8. The van der Waals surface area contributed by atoms with E-state index in [1.807, 2.05) is 25.1 Å². The molecule has 1 aliphatic rings. The maximum absolute atomic E-state index is 12.1. The lowest BCUT2D eigenvalue weighted by molar-refractivity contribution is -0.123. The molecule has 1 aliphatic carbocycles. The van der Waals surface area contributed by atoms with Gasteiger partial charge >= 0.3 is 0 Å². The van der Waals surface area contributed by atoms with Crippen molar-refractivity contribution < 1.29 is 19.1 Å². The van der Waals surface area contributed by atoms with Crippen LogP contribution in [0.25, 0.3) is 5.57 Å². The van der Waals surface area contributed by atoms with Gasteiger partial charge in [0.25, 0.3) is 0 Å². The molecule has 1 aromatic rings. The number of rotatable bonds is 14. The number of methoxy groups -OCH3 is 1. The molecule has 0 radical (unpaired) electrons. The van der Waals surface area contributed by atoms with Crippen molar-refractivity contribution >= 4 is 11.5 Å². The van der Waals surface area contributed by atoms with Gasteiger partial charge in [0, 0.05) is 19.1 Å². The summed E-state index contributed by atoms with van der Waals surface area (Å²) in [5.74, 6) is 5.36. The van der Waals surface area contributed by atoms with Gasteiger partial charge in [0.15, 0.2) is 0 Å². The molecule has 0 bridgehead atoms. The van der Waals surface area contributed by atoms with Gasteiger partial charge in [-0.2, -0.15) is 0 Å². The molecule has 4 N–H and O–H groups in total. The number of hydrogen-bond acceptors (Lipinski definition) is 6. The third-order valence-corrected chi connectivity index (χ3v) is 4.85. The standard InChI is InChI=1S/C23H35N3O4/c1-17(20-9-7-19(8-10-20)15-30-24)5-4-6-18(2)25-22(16-29-14-13-28-3)26-23(27)21-11-12-21/h4-10,18,21-22,25H,11-16,24H2,1-3H3,(H,26,27)/b6-4-,17-5+/t18-,22?/m0/s1. The average Bonchev–Trinajstić information content (AvgIpc) is 3.57. The smallest absolute Gasteiger partial charge is 0.224 e. The van der Waals surface area contributed by atoms with Gasteiger partial charge in [0.05, 0.1) is 26.4 Å². The Hall–Kier alpha value is -2.03. The minimum atomic E-state index is -0.239. The Bertz CT molecular complexity index is 699. The van der Waals surface area contributed by atoms with Gasteiger partial charge in [0.2, 0.25) is 5.91 Å². The Morgan fingerprint density at radius 1 is 1.27 bits per heavy atom. The number of ether oxygens (including phenoxy) is 2. The minimum Gasteiger partial charge on any atom is -0.382 e. The SMILES string of the molecule is COCCOCC(NC(=O)C1CC1)N[C@@H](C)/C=C\C=C(/C)c1ccc(CON)cc1. The predicted octanol–water partition coefficient (Wildman–Crippen LogP) is 2.53. The third-order valence-electron chi connectivity index (χ3n) is 4.85. The number of carbonyl (C=O) groups excluding carboxylic acids is 1. The molecule has 0 spiro atoms. The molecule has 1 saturated carbocycles. The molecule has 1 aromatic carbocycles. The lowest BCUT2D eigenvalue weighted by Crippen LogP contribution is -2.51. The van der Waals surface area contributed by atoms with E-state index >= 15 is 0 Å².